The van der Waals surface area contributed by atoms with Gasteiger partial charge in [0, 0.05) is 13.7 Å². The van der Waals surface area contributed by atoms with Gasteiger partial charge in [-0.25, -0.2) is 0 Å². The van der Waals surface area contributed by atoms with Gasteiger partial charge in [0.25, 0.3) is 0 Å². The van der Waals surface area contributed by atoms with Gasteiger partial charge in [-0.1, -0.05) is 6.92 Å². The summed E-state index contributed by atoms with van der Waals surface area (Å²) in [5, 5.41) is 12.3. The van der Waals surface area contributed by atoms with Gasteiger partial charge in [-0.2, -0.15) is 5.26 Å². The number of nitrogens with one attached hydrogen (secondary N) is 1. The molecule has 0 heterocycles. The van der Waals surface area contributed by atoms with Crippen LogP contribution in [0.25, 0.3) is 0 Å². The first kappa shape index (κ1) is 15.4. The lowest BCUT2D eigenvalue weighted by molar-refractivity contribution is 0.0670. The van der Waals surface area contributed by atoms with E-state index >= 15 is 0 Å². The number of nitrogens with zero attached hydrogens (tertiary/aromatic N) is 1. The molecule has 0 aromatic rings. The number of hydrogen-bond donors (Lipinski definition) is 1. The van der Waals surface area contributed by atoms with Crippen molar-refractivity contribution in [3.8, 4) is 6.07 Å². The molecule has 0 aromatic carbocycles. The molecular formula is C12H24N2O2. The van der Waals surface area contributed by atoms with Gasteiger partial charge in [-0.05, 0) is 32.7 Å². The van der Waals surface area contributed by atoms with Crippen LogP contribution in [0.2, 0.25) is 0 Å². The number of hydrogen-bond acceptors (Lipinski definition) is 4. The van der Waals surface area contributed by atoms with Crippen LogP contribution in [0.1, 0.15) is 33.1 Å². The van der Waals surface area contributed by atoms with Gasteiger partial charge < -0.3 is 9.47 Å². The average molecular weight is 228 g/mol. The zero-order valence-corrected chi connectivity index (χ0v) is 10.7. The highest BCUT2D eigenvalue weighted by molar-refractivity contribution is 5.03. The molecule has 1 unspecified atom stereocenters. The van der Waals surface area contributed by atoms with Crippen molar-refractivity contribution in [1.82, 2.24) is 5.32 Å². The van der Waals surface area contributed by atoms with Crippen molar-refractivity contribution in [3.05, 3.63) is 0 Å². The molecule has 0 aliphatic heterocycles. The van der Waals surface area contributed by atoms with Crippen molar-refractivity contribution < 1.29 is 9.47 Å². The van der Waals surface area contributed by atoms with E-state index in [1.165, 1.54) is 0 Å². The fourth-order valence-corrected chi connectivity index (χ4v) is 1.36. The van der Waals surface area contributed by atoms with Crippen LogP contribution in [-0.2, 0) is 9.47 Å². The number of methoxy groups -OCH3 is 1. The van der Waals surface area contributed by atoms with Gasteiger partial charge in [0.1, 0.15) is 5.54 Å². The molecule has 0 aliphatic carbocycles. The third-order valence-electron chi connectivity index (χ3n) is 2.41. The zero-order valence-electron chi connectivity index (χ0n) is 10.7. The predicted octanol–water partition coefficient (Wildman–Crippen LogP) is 1.71. The lowest BCUT2D eigenvalue weighted by Crippen LogP contribution is -2.41. The maximum atomic E-state index is 9.08. The van der Waals surface area contributed by atoms with Crippen molar-refractivity contribution >= 4 is 0 Å². The summed E-state index contributed by atoms with van der Waals surface area (Å²) >= 11 is 0. The van der Waals surface area contributed by atoms with Gasteiger partial charge in [-0.15, -0.1) is 0 Å². The molecule has 0 fully saturated rings. The second-order valence-corrected chi connectivity index (χ2v) is 4.08. The Bertz CT molecular complexity index is 204. The molecule has 4 heteroatoms. The van der Waals surface area contributed by atoms with Gasteiger partial charge in [0.05, 0.1) is 19.3 Å². The van der Waals surface area contributed by atoms with E-state index in [-0.39, 0.29) is 0 Å². The number of nitriles is 1. The number of ether oxygens (including phenoxy) is 2. The van der Waals surface area contributed by atoms with Crippen LogP contribution >= 0.6 is 0 Å². The van der Waals surface area contributed by atoms with E-state index in [1.54, 1.807) is 7.11 Å². The van der Waals surface area contributed by atoms with Crippen LogP contribution < -0.4 is 5.32 Å². The summed E-state index contributed by atoms with van der Waals surface area (Å²) in [4.78, 5) is 0. The Balaban J connectivity index is 3.58. The Labute approximate surface area is 98.9 Å². The molecule has 0 rings (SSSR count). The fourth-order valence-electron chi connectivity index (χ4n) is 1.36. The smallest absolute Gasteiger partial charge is 0.104 e. The Morgan fingerprint density at radius 1 is 1.31 bits per heavy atom. The van der Waals surface area contributed by atoms with Crippen LogP contribution in [-0.4, -0.2) is 39.0 Å². The molecule has 1 atom stereocenters. The van der Waals surface area contributed by atoms with Crippen LogP contribution in [0.5, 0.6) is 0 Å². The lowest BCUT2D eigenvalue weighted by atomic mass is 9.98. The standard InChI is InChI=1S/C12H24N2O2/c1-4-7-14-12(2,11-13)6-5-8-16-10-9-15-3/h14H,4-10H2,1-3H3. The molecule has 0 aliphatic rings. The monoisotopic (exact) mass is 228 g/mol. The van der Waals surface area contributed by atoms with E-state index in [4.69, 9.17) is 14.7 Å². The molecule has 0 saturated carbocycles. The Kier molecular flexibility index (Phi) is 9.21. The molecule has 1 N–H and O–H groups in total. The maximum Gasteiger partial charge on any atom is 0.104 e. The van der Waals surface area contributed by atoms with Crippen LogP contribution in [0, 0.1) is 11.3 Å². The molecular weight excluding hydrogens is 204 g/mol. The minimum absolute atomic E-state index is 0.416. The van der Waals surface area contributed by atoms with Gasteiger partial charge in [0.15, 0.2) is 0 Å². The third-order valence-corrected chi connectivity index (χ3v) is 2.41. The van der Waals surface area contributed by atoms with E-state index in [0.29, 0.717) is 19.8 Å². The van der Waals surface area contributed by atoms with Crippen molar-refractivity contribution in [1.29, 1.82) is 5.26 Å². The molecule has 94 valence electrons. The second-order valence-electron chi connectivity index (χ2n) is 4.08. The summed E-state index contributed by atoms with van der Waals surface area (Å²) < 4.78 is 10.2. The number of rotatable bonds is 10. The molecule has 4 nitrogen and oxygen atoms in total. The fraction of sp³-hybridized carbons (Fsp3) is 0.917. The SMILES string of the molecule is CCCNC(C)(C#N)CCCOCCOC. The normalized spacial score (nSPS) is 14.4. The lowest BCUT2D eigenvalue weighted by Gasteiger charge is -2.22. The molecule has 0 aromatic heterocycles. The van der Waals surface area contributed by atoms with Crippen LogP contribution in [0.15, 0.2) is 0 Å². The first-order valence-electron chi connectivity index (χ1n) is 5.91. The van der Waals surface area contributed by atoms with Crippen molar-refractivity contribution in [2.75, 3.05) is 33.5 Å². The van der Waals surface area contributed by atoms with E-state index in [9.17, 15) is 0 Å². The molecule has 0 radical (unpaired) electrons. The van der Waals surface area contributed by atoms with Crippen molar-refractivity contribution in [2.24, 2.45) is 0 Å². The summed E-state index contributed by atoms with van der Waals surface area (Å²) in [6.07, 6.45) is 2.75. The maximum absolute atomic E-state index is 9.08. The quantitative estimate of drug-likeness (QED) is 0.578. The molecule has 0 bridgehead atoms. The van der Waals surface area contributed by atoms with E-state index in [2.05, 4.69) is 18.3 Å². The molecule has 16 heavy (non-hydrogen) atoms. The Morgan fingerprint density at radius 2 is 2.06 bits per heavy atom. The zero-order chi connectivity index (χ0) is 12.3. The molecule has 0 amide bonds. The van der Waals surface area contributed by atoms with E-state index in [0.717, 1.165) is 25.8 Å². The van der Waals surface area contributed by atoms with Crippen molar-refractivity contribution in [3.63, 3.8) is 0 Å². The van der Waals surface area contributed by atoms with Gasteiger partial charge in [-0.3, -0.25) is 5.32 Å². The molecule has 0 saturated heterocycles. The molecule has 0 spiro atoms. The minimum atomic E-state index is -0.416. The van der Waals surface area contributed by atoms with Crippen LogP contribution in [0.4, 0.5) is 0 Å². The topological polar surface area (TPSA) is 54.3 Å². The average Bonchev–Trinajstić information content (AvgIpc) is 2.31. The summed E-state index contributed by atoms with van der Waals surface area (Å²) in [5.41, 5.74) is -0.416. The van der Waals surface area contributed by atoms with Crippen LogP contribution in [0.3, 0.4) is 0 Å². The summed E-state index contributed by atoms with van der Waals surface area (Å²) in [5.74, 6) is 0. The van der Waals surface area contributed by atoms with E-state index < -0.39 is 5.54 Å². The third kappa shape index (κ3) is 7.63. The summed E-state index contributed by atoms with van der Waals surface area (Å²) in [6, 6.07) is 2.32. The van der Waals surface area contributed by atoms with E-state index in [1.807, 2.05) is 6.92 Å². The summed E-state index contributed by atoms with van der Waals surface area (Å²) in [6.45, 7) is 6.87. The van der Waals surface area contributed by atoms with Gasteiger partial charge in [0.2, 0.25) is 0 Å². The Morgan fingerprint density at radius 3 is 2.62 bits per heavy atom. The second kappa shape index (κ2) is 9.59. The highest BCUT2D eigenvalue weighted by Crippen LogP contribution is 2.11. The highest BCUT2D eigenvalue weighted by Gasteiger charge is 2.21. The highest BCUT2D eigenvalue weighted by atomic mass is 16.5. The largest absolute Gasteiger partial charge is 0.382 e. The van der Waals surface area contributed by atoms with Crippen molar-refractivity contribution in [2.45, 2.75) is 38.6 Å². The minimum Gasteiger partial charge on any atom is -0.382 e. The first-order chi connectivity index (χ1) is 7.68. The first-order valence-corrected chi connectivity index (χ1v) is 5.91. The Hall–Kier alpha value is -0.630. The summed E-state index contributed by atoms with van der Waals surface area (Å²) in [7, 11) is 1.66. The van der Waals surface area contributed by atoms with Gasteiger partial charge >= 0.3 is 0 Å². The predicted molar refractivity (Wildman–Crippen MR) is 64.2 cm³/mol.